The zero-order chi connectivity index (χ0) is 14.4. The number of hydrogen-bond donors (Lipinski definition) is 0. The highest BCUT2D eigenvalue weighted by atomic mass is 16.5. The molecule has 1 fully saturated rings. The van der Waals surface area contributed by atoms with Crippen molar-refractivity contribution in [2.75, 3.05) is 26.8 Å². The summed E-state index contributed by atoms with van der Waals surface area (Å²) in [6.07, 6.45) is 3.33. The second-order valence-electron chi connectivity index (χ2n) is 5.68. The third-order valence-corrected chi connectivity index (χ3v) is 4.33. The van der Waals surface area contributed by atoms with E-state index in [2.05, 4.69) is 0 Å². The highest BCUT2D eigenvalue weighted by molar-refractivity contribution is 5.83. The molecule has 0 unspecified atom stereocenters. The first-order valence-electron chi connectivity index (χ1n) is 7.55. The molecule has 0 radical (unpaired) electrons. The molecule has 0 saturated carbocycles. The van der Waals surface area contributed by atoms with Crippen molar-refractivity contribution in [3.8, 4) is 0 Å². The maximum absolute atomic E-state index is 12.5. The van der Waals surface area contributed by atoms with Gasteiger partial charge in [0.25, 0.3) is 0 Å². The number of ether oxygens (including phenoxy) is 1. The van der Waals surface area contributed by atoms with E-state index >= 15 is 0 Å². The second-order valence-corrected chi connectivity index (χ2v) is 5.68. The van der Waals surface area contributed by atoms with E-state index in [1.807, 2.05) is 42.2 Å². The van der Waals surface area contributed by atoms with Gasteiger partial charge in [0, 0.05) is 26.8 Å². The summed E-state index contributed by atoms with van der Waals surface area (Å²) in [5.41, 5.74) is 1.11. The molecule has 3 heteroatoms. The number of hydrogen-bond acceptors (Lipinski definition) is 2. The second kappa shape index (κ2) is 7.44. The summed E-state index contributed by atoms with van der Waals surface area (Å²) in [5.74, 6) is 0.944. The van der Waals surface area contributed by atoms with Crippen LogP contribution in [0.15, 0.2) is 30.3 Å². The van der Waals surface area contributed by atoms with Gasteiger partial charge in [-0.05, 0) is 37.7 Å². The number of carbonyl (C=O) groups is 1. The Labute approximate surface area is 121 Å². The van der Waals surface area contributed by atoms with E-state index in [4.69, 9.17) is 4.74 Å². The van der Waals surface area contributed by atoms with E-state index in [1.54, 1.807) is 7.11 Å². The summed E-state index contributed by atoms with van der Waals surface area (Å²) >= 11 is 0. The average Bonchev–Trinajstić information content (AvgIpc) is 2.53. The first kappa shape index (κ1) is 15.0. The predicted molar refractivity (Wildman–Crippen MR) is 80.7 cm³/mol. The van der Waals surface area contributed by atoms with Gasteiger partial charge in [0.2, 0.25) is 5.91 Å². The van der Waals surface area contributed by atoms with Gasteiger partial charge in [0.15, 0.2) is 0 Å². The lowest BCUT2D eigenvalue weighted by molar-refractivity contribution is -0.133. The van der Waals surface area contributed by atoms with Gasteiger partial charge in [-0.2, -0.15) is 0 Å². The van der Waals surface area contributed by atoms with E-state index in [0.717, 1.165) is 44.5 Å². The van der Waals surface area contributed by atoms with Crippen molar-refractivity contribution in [2.24, 2.45) is 5.92 Å². The number of benzene rings is 1. The van der Waals surface area contributed by atoms with Gasteiger partial charge in [-0.25, -0.2) is 0 Å². The maximum atomic E-state index is 12.5. The van der Waals surface area contributed by atoms with Crippen LogP contribution in [-0.4, -0.2) is 37.6 Å². The molecule has 0 N–H and O–H groups in total. The molecule has 1 heterocycles. The number of amides is 1. The number of rotatable bonds is 5. The van der Waals surface area contributed by atoms with Crippen molar-refractivity contribution in [1.82, 2.24) is 4.90 Å². The molecule has 0 aliphatic carbocycles. The highest BCUT2D eigenvalue weighted by Gasteiger charge is 2.26. The number of nitrogens with zero attached hydrogens (tertiary/aromatic N) is 1. The lowest BCUT2D eigenvalue weighted by atomic mass is 9.92. The fourth-order valence-electron chi connectivity index (χ4n) is 2.88. The largest absolute Gasteiger partial charge is 0.385 e. The summed E-state index contributed by atoms with van der Waals surface area (Å²) in [6.45, 7) is 4.63. The number of likely N-dealkylation sites (tertiary alicyclic amines) is 1. The van der Waals surface area contributed by atoms with Gasteiger partial charge in [-0.3, -0.25) is 4.79 Å². The highest BCUT2D eigenvalue weighted by Crippen LogP contribution is 2.24. The molecule has 0 spiro atoms. The van der Waals surface area contributed by atoms with Crippen LogP contribution < -0.4 is 0 Å². The molecule has 1 atom stereocenters. The SMILES string of the molecule is COCCC1CCN(C(=O)[C@H](C)c2ccccc2)CC1. The molecule has 2 rings (SSSR count). The van der Waals surface area contributed by atoms with E-state index in [-0.39, 0.29) is 11.8 Å². The van der Waals surface area contributed by atoms with E-state index in [1.165, 1.54) is 0 Å². The molecule has 1 aromatic carbocycles. The molecule has 3 nitrogen and oxygen atoms in total. The van der Waals surface area contributed by atoms with Gasteiger partial charge >= 0.3 is 0 Å². The van der Waals surface area contributed by atoms with Gasteiger partial charge in [0.1, 0.15) is 0 Å². The Morgan fingerprint density at radius 1 is 1.30 bits per heavy atom. The lowest BCUT2D eigenvalue weighted by Crippen LogP contribution is -2.40. The van der Waals surface area contributed by atoms with Crippen LogP contribution in [0.3, 0.4) is 0 Å². The molecule has 1 amide bonds. The molecule has 1 aromatic rings. The Kier molecular flexibility index (Phi) is 5.60. The van der Waals surface area contributed by atoms with Crippen molar-refractivity contribution in [1.29, 1.82) is 0 Å². The minimum atomic E-state index is -0.0354. The minimum absolute atomic E-state index is 0.0354. The Hall–Kier alpha value is -1.35. The Balaban J connectivity index is 1.85. The molecule has 110 valence electrons. The van der Waals surface area contributed by atoms with Crippen LogP contribution in [0.25, 0.3) is 0 Å². The summed E-state index contributed by atoms with van der Waals surface area (Å²) in [4.78, 5) is 14.5. The van der Waals surface area contributed by atoms with Crippen LogP contribution in [0, 0.1) is 5.92 Å². The number of methoxy groups -OCH3 is 1. The van der Waals surface area contributed by atoms with E-state index in [9.17, 15) is 4.79 Å². The fraction of sp³-hybridized carbons (Fsp3) is 0.588. The van der Waals surface area contributed by atoms with Crippen LogP contribution in [0.1, 0.15) is 37.7 Å². The number of piperidine rings is 1. The van der Waals surface area contributed by atoms with Gasteiger partial charge in [0.05, 0.1) is 5.92 Å². The minimum Gasteiger partial charge on any atom is -0.385 e. The number of carbonyl (C=O) groups excluding carboxylic acids is 1. The zero-order valence-corrected chi connectivity index (χ0v) is 12.5. The normalized spacial score (nSPS) is 18.0. The topological polar surface area (TPSA) is 29.5 Å². The van der Waals surface area contributed by atoms with Crippen molar-refractivity contribution in [2.45, 2.75) is 32.1 Å². The molecule has 1 aliphatic rings. The molecule has 0 bridgehead atoms. The van der Waals surface area contributed by atoms with Crippen LogP contribution >= 0.6 is 0 Å². The fourth-order valence-corrected chi connectivity index (χ4v) is 2.88. The molecular formula is C17H25NO2. The van der Waals surface area contributed by atoms with Gasteiger partial charge in [-0.15, -0.1) is 0 Å². The predicted octanol–water partition coefficient (Wildman–Crippen LogP) is 3.07. The molecule has 20 heavy (non-hydrogen) atoms. The first-order valence-corrected chi connectivity index (χ1v) is 7.55. The molecule has 1 saturated heterocycles. The Morgan fingerprint density at radius 2 is 1.95 bits per heavy atom. The molecule has 1 aliphatic heterocycles. The zero-order valence-electron chi connectivity index (χ0n) is 12.5. The van der Waals surface area contributed by atoms with Crippen LogP contribution in [-0.2, 0) is 9.53 Å². The summed E-state index contributed by atoms with van der Waals surface area (Å²) in [7, 11) is 1.75. The van der Waals surface area contributed by atoms with E-state index < -0.39 is 0 Å². The third-order valence-electron chi connectivity index (χ3n) is 4.33. The van der Waals surface area contributed by atoms with Crippen molar-refractivity contribution < 1.29 is 9.53 Å². The van der Waals surface area contributed by atoms with Crippen LogP contribution in [0.4, 0.5) is 0 Å². The monoisotopic (exact) mass is 275 g/mol. The lowest BCUT2D eigenvalue weighted by Gasteiger charge is -2.33. The van der Waals surface area contributed by atoms with Crippen LogP contribution in [0.5, 0.6) is 0 Å². The quantitative estimate of drug-likeness (QED) is 0.826. The van der Waals surface area contributed by atoms with Crippen molar-refractivity contribution in [3.63, 3.8) is 0 Å². The average molecular weight is 275 g/mol. The first-order chi connectivity index (χ1) is 9.72. The van der Waals surface area contributed by atoms with Crippen LogP contribution in [0.2, 0.25) is 0 Å². The Bertz CT molecular complexity index is 410. The Morgan fingerprint density at radius 3 is 2.55 bits per heavy atom. The summed E-state index contributed by atoms with van der Waals surface area (Å²) < 4.78 is 5.13. The standard InChI is InChI=1S/C17H25NO2/c1-14(16-6-4-3-5-7-16)17(19)18-11-8-15(9-12-18)10-13-20-2/h3-7,14-15H,8-13H2,1-2H3/t14-/m1/s1. The maximum Gasteiger partial charge on any atom is 0.229 e. The summed E-state index contributed by atoms with van der Waals surface area (Å²) in [5, 5.41) is 0. The van der Waals surface area contributed by atoms with Crippen molar-refractivity contribution in [3.05, 3.63) is 35.9 Å². The van der Waals surface area contributed by atoms with Crippen molar-refractivity contribution >= 4 is 5.91 Å². The summed E-state index contributed by atoms with van der Waals surface area (Å²) in [6, 6.07) is 10.1. The smallest absolute Gasteiger partial charge is 0.229 e. The van der Waals surface area contributed by atoms with Gasteiger partial charge in [-0.1, -0.05) is 30.3 Å². The third kappa shape index (κ3) is 3.83. The van der Waals surface area contributed by atoms with Gasteiger partial charge < -0.3 is 9.64 Å². The van der Waals surface area contributed by atoms with E-state index in [0.29, 0.717) is 5.92 Å². The molecular weight excluding hydrogens is 250 g/mol. The molecule has 0 aromatic heterocycles.